The third kappa shape index (κ3) is 2.70. The van der Waals surface area contributed by atoms with Gasteiger partial charge in [-0.15, -0.1) is 0 Å². The molecule has 1 amide bonds. The van der Waals surface area contributed by atoms with Crippen molar-refractivity contribution in [2.24, 2.45) is 5.73 Å². The molecule has 3 N–H and O–H groups in total. The molecular weight excluding hydrogens is 184 g/mol. The molecule has 1 aliphatic rings. The maximum Gasteiger partial charge on any atom is 0.305 e. The molecule has 0 aromatic heterocycles. The Kier molecular flexibility index (Phi) is 3.10. The van der Waals surface area contributed by atoms with Gasteiger partial charge in [0.05, 0.1) is 6.42 Å². The van der Waals surface area contributed by atoms with Gasteiger partial charge in [0.25, 0.3) is 0 Å². The number of carbonyl (C=O) groups is 2. The van der Waals surface area contributed by atoms with E-state index in [9.17, 15) is 9.59 Å². The van der Waals surface area contributed by atoms with E-state index >= 15 is 0 Å². The second-order valence-electron chi connectivity index (χ2n) is 4.03. The summed E-state index contributed by atoms with van der Waals surface area (Å²) in [6, 6.07) is 0. The second kappa shape index (κ2) is 3.96. The third-order valence-corrected chi connectivity index (χ3v) is 2.60. The Bertz CT molecular complexity index is 254. The van der Waals surface area contributed by atoms with Crippen LogP contribution in [0.4, 0.5) is 0 Å². The number of carboxylic acid groups (broad SMARTS) is 1. The molecule has 0 spiro atoms. The minimum Gasteiger partial charge on any atom is -0.481 e. The number of likely N-dealkylation sites (tertiary alicyclic amines) is 1. The molecule has 5 heteroatoms. The van der Waals surface area contributed by atoms with Crippen LogP contribution in [-0.4, -0.2) is 41.0 Å². The SMILES string of the molecule is CN1CCCC(N)(CC(=O)O)CC1=O. The summed E-state index contributed by atoms with van der Waals surface area (Å²) >= 11 is 0. The number of amides is 1. The zero-order valence-corrected chi connectivity index (χ0v) is 8.32. The molecule has 0 bridgehead atoms. The summed E-state index contributed by atoms with van der Waals surface area (Å²) in [6.07, 6.45) is 1.36. The van der Waals surface area contributed by atoms with E-state index < -0.39 is 11.5 Å². The molecule has 0 saturated carbocycles. The van der Waals surface area contributed by atoms with Crippen LogP contribution in [0, 0.1) is 0 Å². The molecule has 1 atom stereocenters. The number of rotatable bonds is 2. The van der Waals surface area contributed by atoms with Crippen LogP contribution in [0.1, 0.15) is 25.7 Å². The molecule has 0 aromatic rings. The lowest BCUT2D eigenvalue weighted by Gasteiger charge is -2.24. The van der Waals surface area contributed by atoms with Crippen LogP contribution in [0.3, 0.4) is 0 Å². The standard InChI is InChI=1S/C9H16N2O3/c1-11-4-2-3-9(10,5-7(11)12)6-8(13)14/h2-6,10H2,1H3,(H,13,14). The summed E-state index contributed by atoms with van der Waals surface area (Å²) in [5.74, 6) is -1.00. The van der Waals surface area contributed by atoms with E-state index in [0.29, 0.717) is 13.0 Å². The minimum atomic E-state index is -0.940. The monoisotopic (exact) mass is 200 g/mol. The molecule has 5 nitrogen and oxygen atoms in total. The number of hydrogen-bond acceptors (Lipinski definition) is 3. The zero-order valence-electron chi connectivity index (χ0n) is 8.32. The molecule has 1 unspecified atom stereocenters. The van der Waals surface area contributed by atoms with Gasteiger partial charge in [-0.1, -0.05) is 0 Å². The van der Waals surface area contributed by atoms with E-state index in [-0.39, 0.29) is 18.7 Å². The maximum atomic E-state index is 11.5. The van der Waals surface area contributed by atoms with Gasteiger partial charge in [0.1, 0.15) is 0 Å². The number of aliphatic carboxylic acids is 1. The van der Waals surface area contributed by atoms with Gasteiger partial charge in [-0.25, -0.2) is 0 Å². The number of carbonyl (C=O) groups excluding carboxylic acids is 1. The van der Waals surface area contributed by atoms with Crippen molar-refractivity contribution in [2.45, 2.75) is 31.2 Å². The van der Waals surface area contributed by atoms with Gasteiger partial charge in [-0.3, -0.25) is 9.59 Å². The first-order valence-corrected chi connectivity index (χ1v) is 4.68. The van der Waals surface area contributed by atoms with Gasteiger partial charge in [-0.2, -0.15) is 0 Å². The molecule has 1 heterocycles. The Balaban J connectivity index is 2.69. The van der Waals surface area contributed by atoms with Crippen LogP contribution in [-0.2, 0) is 9.59 Å². The first kappa shape index (κ1) is 11.0. The van der Waals surface area contributed by atoms with Crippen molar-refractivity contribution in [3.63, 3.8) is 0 Å². The fourth-order valence-corrected chi connectivity index (χ4v) is 1.77. The van der Waals surface area contributed by atoms with Crippen LogP contribution >= 0.6 is 0 Å². The quantitative estimate of drug-likeness (QED) is 0.646. The summed E-state index contributed by atoms with van der Waals surface area (Å²) in [4.78, 5) is 23.6. The largest absolute Gasteiger partial charge is 0.481 e. The van der Waals surface area contributed by atoms with Crippen molar-refractivity contribution in [3.8, 4) is 0 Å². The van der Waals surface area contributed by atoms with Crippen molar-refractivity contribution >= 4 is 11.9 Å². The zero-order chi connectivity index (χ0) is 10.8. The Morgan fingerprint density at radius 2 is 2.36 bits per heavy atom. The highest BCUT2D eigenvalue weighted by Crippen LogP contribution is 2.23. The van der Waals surface area contributed by atoms with E-state index in [1.165, 1.54) is 0 Å². The molecule has 1 saturated heterocycles. The van der Waals surface area contributed by atoms with E-state index in [0.717, 1.165) is 6.42 Å². The third-order valence-electron chi connectivity index (χ3n) is 2.60. The first-order valence-electron chi connectivity index (χ1n) is 4.68. The molecule has 0 radical (unpaired) electrons. The predicted octanol–water partition coefficient (Wildman–Crippen LogP) is -0.199. The summed E-state index contributed by atoms with van der Waals surface area (Å²) in [6.45, 7) is 0.664. The van der Waals surface area contributed by atoms with Crippen molar-refractivity contribution in [1.82, 2.24) is 4.90 Å². The second-order valence-corrected chi connectivity index (χ2v) is 4.03. The molecule has 0 aliphatic carbocycles. The van der Waals surface area contributed by atoms with Gasteiger partial charge in [0, 0.05) is 25.6 Å². The van der Waals surface area contributed by atoms with E-state index in [1.54, 1.807) is 11.9 Å². The van der Waals surface area contributed by atoms with Crippen LogP contribution in [0.25, 0.3) is 0 Å². The molecule has 0 aromatic carbocycles. The predicted molar refractivity (Wildman–Crippen MR) is 50.7 cm³/mol. The fourth-order valence-electron chi connectivity index (χ4n) is 1.77. The number of nitrogens with two attached hydrogens (primary N) is 1. The van der Waals surface area contributed by atoms with Crippen LogP contribution in [0.2, 0.25) is 0 Å². The van der Waals surface area contributed by atoms with E-state index in [1.807, 2.05) is 0 Å². The minimum absolute atomic E-state index is 0.0637. The van der Waals surface area contributed by atoms with Crippen molar-refractivity contribution in [2.75, 3.05) is 13.6 Å². The Hall–Kier alpha value is -1.10. The normalized spacial score (nSPS) is 28.7. The highest BCUT2D eigenvalue weighted by Gasteiger charge is 2.34. The lowest BCUT2D eigenvalue weighted by Crippen LogP contribution is -2.44. The molecular formula is C9H16N2O3. The Labute approximate surface area is 82.9 Å². The molecule has 80 valence electrons. The van der Waals surface area contributed by atoms with E-state index in [2.05, 4.69) is 0 Å². The number of carboxylic acids is 1. The average molecular weight is 200 g/mol. The fraction of sp³-hybridized carbons (Fsp3) is 0.778. The summed E-state index contributed by atoms with van der Waals surface area (Å²) in [7, 11) is 1.72. The maximum absolute atomic E-state index is 11.5. The molecule has 14 heavy (non-hydrogen) atoms. The lowest BCUT2D eigenvalue weighted by atomic mass is 9.88. The van der Waals surface area contributed by atoms with E-state index in [4.69, 9.17) is 10.8 Å². The average Bonchev–Trinajstić information content (AvgIpc) is 2.11. The summed E-state index contributed by atoms with van der Waals surface area (Å²) < 4.78 is 0. The van der Waals surface area contributed by atoms with Gasteiger partial charge >= 0.3 is 5.97 Å². The first-order chi connectivity index (χ1) is 6.43. The van der Waals surface area contributed by atoms with Gasteiger partial charge in [0.2, 0.25) is 5.91 Å². The summed E-state index contributed by atoms with van der Waals surface area (Å²) in [5, 5.41) is 8.67. The Morgan fingerprint density at radius 3 is 2.93 bits per heavy atom. The smallest absolute Gasteiger partial charge is 0.305 e. The van der Waals surface area contributed by atoms with Crippen LogP contribution < -0.4 is 5.73 Å². The highest BCUT2D eigenvalue weighted by molar-refractivity contribution is 5.79. The Morgan fingerprint density at radius 1 is 1.71 bits per heavy atom. The van der Waals surface area contributed by atoms with Crippen molar-refractivity contribution in [1.29, 1.82) is 0 Å². The van der Waals surface area contributed by atoms with Gasteiger partial charge in [0.15, 0.2) is 0 Å². The van der Waals surface area contributed by atoms with Gasteiger partial charge < -0.3 is 15.7 Å². The number of nitrogens with zero attached hydrogens (tertiary/aromatic N) is 1. The summed E-state index contributed by atoms with van der Waals surface area (Å²) in [5.41, 5.74) is 5.03. The van der Waals surface area contributed by atoms with Crippen LogP contribution in [0.5, 0.6) is 0 Å². The lowest BCUT2D eigenvalue weighted by molar-refractivity contribution is -0.138. The van der Waals surface area contributed by atoms with Crippen molar-refractivity contribution < 1.29 is 14.7 Å². The van der Waals surface area contributed by atoms with Crippen LogP contribution in [0.15, 0.2) is 0 Å². The molecule has 1 fully saturated rings. The van der Waals surface area contributed by atoms with Crippen molar-refractivity contribution in [3.05, 3.63) is 0 Å². The topological polar surface area (TPSA) is 83.6 Å². The highest BCUT2D eigenvalue weighted by atomic mass is 16.4. The molecule has 1 aliphatic heterocycles. The number of hydrogen-bond donors (Lipinski definition) is 2. The molecule has 1 rings (SSSR count). The van der Waals surface area contributed by atoms with Gasteiger partial charge in [-0.05, 0) is 12.8 Å².